The molecule has 1 aromatic heterocycles. The van der Waals surface area contributed by atoms with Crippen molar-refractivity contribution >= 4 is 11.8 Å². The van der Waals surface area contributed by atoms with Gasteiger partial charge in [-0.05, 0) is 24.8 Å². The first-order valence-corrected chi connectivity index (χ1v) is 8.62. The van der Waals surface area contributed by atoms with Crippen LogP contribution >= 0.6 is 0 Å². The van der Waals surface area contributed by atoms with E-state index in [0.717, 1.165) is 25.1 Å². The molecule has 0 aromatic carbocycles. The first-order valence-electron chi connectivity index (χ1n) is 8.62. The number of aromatic nitrogens is 2. The summed E-state index contributed by atoms with van der Waals surface area (Å²) in [5, 5.41) is 4.41. The van der Waals surface area contributed by atoms with Gasteiger partial charge in [0, 0.05) is 38.7 Å². The second kappa shape index (κ2) is 6.72. The Balaban J connectivity index is 1.69. The zero-order valence-electron chi connectivity index (χ0n) is 14.1. The van der Waals surface area contributed by atoms with Gasteiger partial charge in [0.2, 0.25) is 11.8 Å². The van der Waals surface area contributed by atoms with Gasteiger partial charge in [0.15, 0.2) is 0 Å². The number of amides is 2. The third-order valence-corrected chi connectivity index (χ3v) is 4.77. The molecule has 6 heteroatoms. The molecule has 2 amide bonds. The number of carbonyl (C=O) groups excluding carboxylic acids is 2. The molecule has 1 atom stereocenters. The number of nitrogens with zero attached hydrogens (tertiary/aromatic N) is 4. The van der Waals surface area contributed by atoms with Crippen LogP contribution in [-0.4, -0.2) is 51.0 Å². The van der Waals surface area contributed by atoms with Crippen molar-refractivity contribution in [2.45, 2.75) is 52.1 Å². The summed E-state index contributed by atoms with van der Waals surface area (Å²) >= 11 is 0. The van der Waals surface area contributed by atoms with E-state index in [0.29, 0.717) is 38.4 Å². The zero-order chi connectivity index (χ0) is 16.4. The summed E-state index contributed by atoms with van der Waals surface area (Å²) < 4.78 is 2.00. The molecular formula is C17H26N4O2. The highest BCUT2D eigenvalue weighted by atomic mass is 16.2. The lowest BCUT2D eigenvalue weighted by molar-refractivity contribution is -0.134. The number of hydrogen-bond acceptors (Lipinski definition) is 3. The second-order valence-corrected chi connectivity index (χ2v) is 7.07. The highest BCUT2D eigenvalue weighted by molar-refractivity contribution is 5.78. The number of likely N-dealkylation sites (tertiary alicyclic amines) is 1. The molecule has 2 aliphatic heterocycles. The van der Waals surface area contributed by atoms with E-state index in [-0.39, 0.29) is 17.9 Å². The van der Waals surface area contributed by atoms with Gasteiger partial charge in [0.25, 0.3) is 0 Å². The van der Waals surface area contributed by atoms with Crippen molar-refractivity contribution in [1.82, 2.24) is 19.6 Å². The van der Waals surface area contributed by atoms with Crippen LogP contribution < -0.4 is 0 Å². The molecule has 6 nitrogen and oxygen atoms in total. The van der Waals surface area contributed by atoms with Crippen LogP contribution in [0.1, 0.15) is 51.3 Å². The van der Waals surface area contributed by atoms with Crippen LogP contribution in [-0.2, 0) is 16.1 Å². The summed E-state index contributed by atoms with van der Waals surface area (Å²) in [5.41, 5.74) is 1.06. The van der Waals surface area contributed by atoms with E-state index in [1.807, 2.05) is 20.5 Å². The molecule has 2 aliphatic rings. The fourth-order valence-electron chi connectivity index (χ4n) is 3.43. The molecule has 0 saturated carbocycles. The Morgan fingerprint density at radius 2 is 2.26 bits per heavy atom. The van der Waals surface area contributed by atoms with Gasteiger partial charge in [-0.25, -0.2) is 0 Å². The summed E-state index contributed by atoms with van der Waals surface area (Å²) in [4.78, 5) is 28.3. The molecule has 1 fully saturated rings. The average Bonchev–Trinajstić information content (AvgIpc) is 3.14. The summed E-state index contributed by atoms with van der Waals surface area (Å²) in [6.45, 7) is 7.03. The van der Waals surface area contributed by atoms with Gasteiger partial charge in [-0.15, -0.1) is 0 Å². The normalized spacial score (nSPS) is 21.2. The predicted octanol–water partition coefficient (Wildman–Crippen LogP) is 1.82. The van der Waals surface area contributed by atoms with Crippen molar-refractivity contribution < 1.29 is 9.59 Å². The van der Waals surface area contributed by atoms with Gasteiger partial charge in [-0.2, -0.15) is 5.10 Å². The van der Waals surface area contributed by atoms with Gasteiger partial charge in [-0.1, -0.05) is 13.8 Å². The molecule has 126 valence electrons. The summed E-state index contributed by atoms with van der Waals surface area (Å²) in [6, 6.07) is 2.04. The number of carbonyl (C=O) groups is 2. The Kier molecular flexibility index (Phi) is 4.68. The molecule has 3 rings (SSSR count). The predicted molar refractivity (Wildman–Crippen MR) is 86.6 cm³/mol. The van der Waals surface area contributed by atoms with Crippen molar-refractivity contribution in [2.24, 2.45) is 5.92 Å². The molecule has 1 aromatic rings. The van der Waals surface area contributed by atoms with Gasteiger partial charge >= 0.3 is 0 Å². The maximum absolute atomic E-state index is 12.5. The van der Waals surface area contributed by atoms with E-state index in [9.17, 15) is 9.59 Å². The maximum atomic E-state index is 12.5. The fourth-order valence-corrected chi connectivity index (χ4v) is 3.43. The molecular weight excluding hydrogens is 292 g/mol. The smallest absolute Gasteiger partial charge is 0.223 e. The van der Waals surface area contributed by atoms with E-state index in [1.54, 1.807) is 6.20 Å². The van der Waals surface area contributed by atoms with Crippen molar-refractivity contribution in [3.05, 3.63) is 18.0 Å². The van der Waals surface area contributed by atoms with Crippen LogP contribution in [0.5, 0.6) is 0 Å². The van der Waals surface area contributed by atoms with Crippen molar-refractivity contribution in [3.8, 4) is 0 Å². The Bertz CT molecular complexity index is 581. The van der Waals surface area contributed by atoms with E-state index in [2.05, 4.69) is 18.9 Å². The molecule has 0 spiro atoms. The van der Waals surface area contributed by atoms with E-state index < -0.39 is 0 Å². The Morgan fingerprint density at radius 3 is 2.96 bits per heavy atom. The first kappa shape index (κ1) is 16.0. The van der Waals surface area contributed by atoms with Crippen molar-refractivity contribution in [3.63, 3.8) is 0 Å². The van der Waals surface area contributed by atoms with E-state index in [1.165, 1.54) is 0 Å². The number of fused-ring (bicyclic) bond motifs is 1. The lowest BCUT2D eigenvalue weighted by atomic mass is 10.1. The fraction of sp³-hybridized carbons (Fsp3) is 0.706. The van der Waals surface area contributed by atoms with Gasteiger partial charge in [-0.3, -0.25) is 14.3 Å². The molecule has 0 aliphatic carbocycles. The van der Waals surface area contributed by atoms with Crippen LogP contribution in [0.15, 0.2) is 12.3 Å². The summed E-state index contributed by atoms with van der Waals surface area (Å²) in [6.07, 6.45) is 4.89. The van der Waals surface area contributed by atoms with Gasteiger partial charge in [0.05, 0.1) is 18.3 Å². The topological polar surface area (TPSA) is 58.4 Å². The van der Waals surface area contributed by atoms with Gasteiger partial charge in [0.1, 0.15) is 0 Å². The third-order valence-electron chi connectivity index (χ3n) is 4.77. The Hall–Kier alpha value is -1.85. The highest BCUT2D eigenvalue weighted by Gasteiger charge is 2.31. The van der Waals surface area contributed by atoms with Crippen LogP contribution in [0.2, 0.25) is 0 Å². The molecule has 1 unspecified atom stereocenters. The number of rotatable bonds is 5. The zero-order valence-corrected chi connectivity index (χ0v) is 14.1. The Labute approximate surface area is 137 Å². The Morgan fingerprint density at radius 1 is 1.43 bits per heavy atom. The maximum Gasteiger partial charge on any atom is 0.223 e. The van der Waals surface area contributed by atoms with Crippen LogP contribution in [0.25, 0.3) is 0 Å². The SMILES string of the molecule is CC(C)CCC(=O)N1Cc2ccnn2C(CN2CCCC2=O)C1. The molecule has 0 radical (unpaired) electrons. The summed E-state index contributed by atoms with van der Waals surface area (Å²) in [5.74, 6) is 0.971. The van der Waals surface area contributed by atoms with E-state index >= 15 is 0 Å². The number of hydrogen-bond donors (Lipinski definition) is 0. The van der Waals surface area contributed by atoms with Gasteiger partial charge < -0.3 is 9.80 Å². The molecule has 23 heavy (non-hydrogen) atoms. The first-order chi connectivity index (χ1) is 11.0. The quantitative estimate of drug-likeness (QED) is 0.832. The minimum atomic E-state index is 0.0683. The molecule has 0 N–H and O–H groups in total. The minimum absolute atomic E-state index is 0.0683. The molecule has 3 heterocycles. The monoisotopic (exact) mass is 318 g/mol. The third kappa shape index (κ3) is 3.57. The standard InChI is InChI=1S/C17H26N4O2/c1-13(2)5-6-17(23)20-10-14-7-8-18-21(14)15(12-20)11-19-9-3-4-16(19)22/h7-8,13,15H,3-6,9-12H2,1-2H3. The lowest BCUT2D eigenvalue weighted by Gasteiger charge is -2.36. The molecule has 1 saturated heterocycles. The van der Waals surface area contributed by atoms with Crippen LogP contribution in [0.3, 0.4) is 0 Å². The van der Waals surface area contributed by atoms with Crippen molar-refractivity contribution in [1.29, 1.82) is 0 Å². The van der Waals surface area contributed by atoms with Crippen LogP contribution in [0, 0.1) is 5.92 Å². The van der Waals surface area contributed by atoms with Crippen LogP contribution in [0.4, 0.5) is 0 Å². The second-order valence-electron chi connectivity index (χ2n) is 7.07. The van der Waals surface area contributed by atoms with E-state index in [4.69, 9.17) is 0 Å². The van der Waals surface area contributed by atoms with Crippen molar-refractivity contribution in [2.75, 3.05) is 19.6 Å². The highest BCUT2D eigenvalue weighted by Crippen LogP contribution is 2.24. The lowest BCUT2D eigenvalue weighted by Crippen LogP contribution is -2.45. The largest absolute Gasteiger partial charge is 0.340 e. The molecule has 0 bridgehead atoms. The average molecular weight is 318 g/mol. The minimum Gasteiger partial charge on any atom is -0.340 e. The summed E-state index contributed by atoms with van der Waals surface area (Å²) in [7, 11) is 0.